The molecule has 4 heteroatoms. The Morgan fingerprint density at radius 3 is 1.81 bits per heavy atom. The molecule has 0 N–H and O–H groups in total. The highest BCUT2D eigenvalue weighted by molar-refractivity contribution is 9.11. The number of para-hydroxylation sites is 1. The van der Waals surface area contributed by atoms with Crippen LogP contribution in [0, 0.1) is 0 Å². The Balaban J connectivity index is 1.88. The fourth-order valence-electron chi connectivity index (χ4n) is 4.41. The highest BCUT2D eigenvalue weighted by Gasteiger charge is 2.20. The molecule has 0 aliphatic rings. The third kappa shape index (κ3) is 3.01. The molecule has 6 rings (SSSR count). The van der Waals surface area contributed by atoms with Crippen LogP contribution in [0.15, 0.2) is 106 Å². The lowest BCUT2D eigenvalue weighted by Crippen LogP contribution is -1.98. The third-order valence-corrected chi connectivity index (χ3v) is 6.58. The van der Waals surface area contributed by atoms with Crippen molar-refractivity contribution in [3.05, 3.63) is 106 Å². The van der Waals surface area contributed by atoms with Crippen molar-refractivity contribution in [2.24, 2.45) is 0 Å². The van der Waals surface area contributed by atoms with Crippen molar-refractivity contribution >= 4 is 64.4 Å². The number of aromatic nitrogens is 2. The van der Waals surface area contributed by atoms with Gasteiger partial charge in [-0.1, -0.05) is 98.6 Å². The van der Waals surface area contributed by atoms with E-state index in [2.05, 4.69) is 121 Å². The smallest absolute Gasteiger partial charge is 0.145 e. The molecular formula is C27H16Br2N2. The Morgan fingerprint density at radius 2 is 1.13 bits per heavy atom. The van der Waals surface area contributed by atoms with Crippen molar-refractivity contribution in [3.63, 3.8) is 0 Å². The van der Waals surface area contributed by atoms with E-state index in [4.69, 9.17) is 4.98 Å². The second kappa shape index (κ2) is 7.33. The Morgan fingerprint density at radius 1 is 0.581 bits per heavy atom. The average molecular weight is 528 g/mol. The maximum absolute atomic E-state index is 5.24. The maximum Gasteiger partial charge on any atom is 0.145 e. The number of nitrogens with zero attached hydrogens (tertiary/aromatic N) is 2. The van der Waals surface area contributed by atoms with E-state index in [0.717, 1.165) is 37.1 Å². The molecule has 2 nitrogen and oxygen atoms in total. The molecule has 0 aliphatic heterocycles. The van der Waals surface area contributed by atoms with E-state index in [1.165, 1.54) is 21.5 Å². The van der Waals surface area contributed by atoms with Crippen LogP contribution in [0.3, 0.4) is 0 Å². The van der Waals surface area contributed by atoms with Crippen molar-refractivity contribution < 1.29 is 0 Å². The van der Waals surface area contributed by atoms with E-state index in [1.54, 1.807) is 0 Å². The van der Waals surface area contributed by atoms with Crippen LogP contribution in [0.4, 0.5) is 0 Å². The molecule has 0 atom stereocenters. The molecule has 0 saturated carbocycles. The second-order valence-electron chi connectivity index (χ2n) is 7.55. The Labute approximate surface area is 196 Å². The van der Waals surface area contributed by atoms with E-state index < -0.39 is 0 Å². The number of halogens is 2. The summed E-state index contributed by atoms with van der Waals surface area (Å²) in [4.78, 5) is 5.24. The molecule has 0 bridgehead atoms. The normalized spacial score (nSPS) is 11.5. The number of imidazole rings is 1. The van der Waals surface area contributed by atoms with Gasteiger partial charge in [-0.15, -0.1) is 0 Å². The molecule has 0 amide bonds. The minimum Gasteiger partial charge on any atom is -0.292 e. The number of hydrogen-bond donors (Lipinski definition) is 0. The SMILES string of the molecule is Brc1cc(Br)cc(-c2nc3c4ccccc4c4ccccc4c3n2-c2ccccc2)c1. The molecule has 0 aliphatic carbocycles. The predicted octanol–water partition coefficient (Wildman–Crippen LogP) is 8.52. The number of benzene rings is 5. The molecule has 1 heterocycles. The zero-order valence-corrected chi connectivity index (χ0v) is 19.6. The van der Waals surface area contributed by atoms with Gasteiger partial charge in [0, 0.05) is 31.0 Å². The number of hydrogen-bond acceptors (Lipinski definition) is 1. The first-order chi connectivity index (χ1) is 15.2. The summed E-state index contributed by atoms with van der Waals surface area (Å²) in [6.07, 6.45) is 0. The second-order valence-corrected chi connectivity index (χ2v) is 9.38. The molecule has 5 aromatic carbocycles. The van der Waals surface area contributed by atoms with Gasteiger partial charge in [0.15, 0.2) is 0 Å². The summed E-state index contributed by atoms with van der Waals surface area (Å²) in [7, 11) is 0. The molecule has 0 saturated heterocycles. The maximum atomic E-state index is 5.24. The van der Waals surface area contributed by atoms with E-state index in [0.29, 0.717) is 0 Å². The molecule has 0 fully saturated rings. The molecule has 31 heavy (non-hydrogen) atoms. The molecule has 0 unspecified atom stereocenters. The molecule has 0 radical (unpaired) electrons. The van der Waals surface area contributed by atoms with E-state index in [-0.39, 0.29) is 0 Å². The molecular weight excluding hydrogens is 512 g/mol. The van der Waals surface area contributed by atoms with Gasteiger partial charge in [-0.3, -0.25) is 4.57 Å². The highest BCUT2D eigenvalue weighted by atomic mass is 79.9. The number of fused-ring (bicyclic) bond motifs is 6. The number of rotatable bonds is 2. The van der Waals surface area contributed by atoms with Crippen LogP contribution in [0.5, 0.6) is 0 Å². The monoisotopic (exact) mass is 526 g/mol. The van der Waals surface area contributed by atoms with Crippen molar-refractivity contribution in [2.45, 2.75) is 0 Å². The summed E-state index contributed by atoms with van der Waals surface area (Å²) < 4.78 is 4.31. The summed E-state index contributed by atoms with van der Waals surface area (Å²) in [6.45, 7) is 0. The van der Waals surface area contributed by atoms with Gasteiger partial charge < -0.3 is 0 Å². The summed E-state index contributed by atoms with van der Waals surface area (Å²) in [5.74, 6) is 0.921. The lowest BCUT2D eigenvalue weighted by molar-refractivity contribution is 1.10. The lowest BCUT2D eigenvalue weighted by Gasteiger charge is -2.12. The minimum atomic E-state index is 0.921. The van der Waals surface area contributed by atoms with Crippen LogP contribution < -0.4 is 0 Å². The van der Waals surface area contributed by atoms with Crippen molar-refractivity contribution in [1.82, 2.24) is 9.55 Å². The van der Waals surface area contributed by atoms with E-state index in [1.807, 2.05) is 12.1 Å². The van der Waals surface area contributed by atoms with Gasteiger partial charge in [0.05, 0.1) is 11.0 Å². The first-order valence-electron chi connectivity index (χ1n) is 10.0. The zero-order valence-electron chi connectivity index (χ0n) is 16.4. The predicted molar refractivity (Wildman–Crippen MR) is 137 cm³/mol. The summed E-state index contributed by atoms with van der Waals surface area (Å²) in [6, 6.07) is 33.9. The fraction of sp³-hybridized carbons (Fsp3) is 0. The molecule has 148 valence electrons. The fourth-order valence-corrected chi connectivity index (χ4v) is 5.70. The average Bonchev–Trinajstić information content (AvgIpc) is 3.20. The molecule has 1 aromatic heterocycles. The minimum absolute atomic E-state index is 0.921. The third-order valence-electron chi connectivity index (χ3n) is 5.67. The van der Waals surface area contributed by atoms with Gasteiger partial charge in [-0.25, -0.2) is 4.98 Å². The Hall–Kier alpha value is -2.95. The van der Waals surface area contributed by atoms with Crippen molar-refractivity contribution in [1.29, 1.82) is 0 Å². The van der Waals surface area contributed by atoms with Crippen LogP contribution in [-0.4, -0.2) is 9.55 Å². The van der Waals surface area contributed by atoms with Gasteiger partial charge in [-0.2, -0.15) is 0 Å². The standard InChI is InChI=1S/C27H16Br2N2/c28-18-14-17(15-19(29)16-18)27-30-25-23-12-6-4-10-21(23)22-11-5-7-13-24(22)26(25)31(27)20-8-2-1-3-9-20/h1-16H. The Bertz CT molecular complexity index is 1580. The summed E-state index contributed by atoms with van der Waals surface area (Å²) in [5, 5.41) is 4.84. The van der Waals surface area contributed by atoms with E-state index in [9.17, 15) is 0 Å². The first-order valence-corrected chi connectivity index (χ1v) is 11.6. The van der Waals surface area contributed by atoms with Crippen molar-refractivity contribution in [3.8, 4) is 17.1 Å². The highest BCUT2D eigenvalue weighted by Crippen LogP contribution is 2.39. The topological polar surface area (TPSA) is 17.8 Å². The summed E-state index contributed by atoms with van der Waals surface area (Å²) >= 11 is 7.29. The lowest BCUT2D eigenvalue weighted by atomic mass is 10.00. The van der Waals surface area contributed by atoms with Gasteiger partial charge in [-0.05, 0) is 41.1 Å². The quantitative estimate of drug-likeness (QED) is 0.206. The van der Waals surface area contributed by atoms with Crippen LogP contribution >= 0.6 is 31.9 Å². The Kier molecular flexibility index (Phi) is 4.44. The van der Waals surface area contributed by atoms with Crippen LogP contribution in [0.2, 0.25) is 0 Å². The molecule has 6 aromatic rings. The first kappa shape index (κ1) is 18.8. The van der Waals surface area contributed by atoms with Gasteiger partial charge in [0.2, 0.25) is 0 Å². The van der Waals surface area contributed by atoms with Crippen molar-refractivity contribution in [2.75, 3.05) is 0 Å². The van der Waals surface area contributed by atoms with Crippen LogP contribution in [0.25, 0.3) is 49.7 Å². The largest absolute Gasteiger partial charge is 0.292 e. The van der Waals surface area contributed by atoms with Gasteiger partial charge in [0.25, 0.3) is 0 Å². The summed E-state index contributed by atoms with van der Waals surface area (Å²) in [5.41, 5.74) is 4.29. The van der Waals surface area contributed by atoms with Crippen LogP contribution in [-0.2, 0) is 0 Å². The zero-order chi connectivity index (χ0) is 20.9. The van der Waals surface area contributed by atoms with Gasteiger partial charge >= 0.3 is 0 Å². The van der Waals surface area contributed by atoms with Gasteiger partial charge in [0.1, 0.15) is 5.82 Å². The van der Waals surface area contributed by atoms with Crippen LogP contribution in [0.1, 0.15) is 0 Å². The molecule has 0 spiro atoms. The van der Waals surface area contributed by atoms with E-state index >= 15 is 0 Å².